The zero-order chi connectivity index (χ0) is 13.0. The molecule has 2 N–H and O–H groups in total. The normalized spacial score (nSPS) is 10.4. The Morgan fingerprint density at radius 1 is 1.24 bits per heavy atom. The van der Waals surface area contributed by atoms with Gasteiger partial charge >= 0.3 is 11.8 Å². The molecule has 0 aliphatic rings. The molecule has 0 aliphatic carbocycles. The van der Waals surface area contributed by atoms with Gasteiger partial charge in [0.15, 0.2) is 0 Å². The second kappa shape index (κ2) is 5.72. The Morgan fingerprint density at radius 2 is 1.76 bits per heavy atom. The molecule has 0 heterocycles. The van der Waals surface area contributed by atoms with Crippen molar-refractivity contribution < 1.29 is 9.59 Å². The van der Waals surface area contributed by atoms with Gasteiger partial charge in [-0.25, -0.2) is 0 Å². The number of carbonyl (C=O) groups excluding carboxylic acids is 2. The second-order valence-corrected chi connectivity index (χ2v) is 5.54. The number of amides is 2. The van der Waals surface area contributed by atoms with Gasteiger partial charge in [-0.05, 0) is 24.3 Å². The molecular formula is C12H16N2O2S. The van der Waals surface area contributed by atoms with E-state index in [9.17, 15) is 9.59 Å². The lowest BCUT2D eigenvalue weighted by Crippen LogP contribution is -2.37. The van der Waals surface area contributed by atoms with Gasteiger partial charge in [0.05, 0.1) is 0 Å². The third-order valence-electron chi connectivity index (χ3n) is 2.11. The van der Waals surface area contributed by atoms with Crippen LogP contribution in [0.2, 0.25) is 0 Å². The molecule has 0 bridgehead atoms. The van der Waals surface area contributed by atoms with E-state index >= 15 is 0 Å². The summed E-state index contributed by atoms with van der Waals surface area (Å²) >= 11 is 1.74. The molecule has 0 unspecified atom stereocenters. The lowest BCUT2D eigenvalue weighted by Gasteiger charge is -2.15. The molecule has 0 saturated heterocycles. The van der Waals surface area contributed by atoms with Crippen LogP contribution in [0.1, 0.15) is 13.8 Å². The average Bonchev–Trinajstić information content (AvgIpc) is 2.27. The molecule has 1 aromatic rings. The molecule has 5 heteroatoms. The first-order valence-electron chi connectivity index (χ1n) is 5.26. The van der Waals surface area contributed by atoms with Crippen molar-refractivity contribution in [2.45, 2.75) is 24.0 Å². The fourth-order valence-corrected chi connectivity index (χ4v) is 2.14. The number of anilines is 1. The largest absolute Gasteiger partial charge is 0.361 e. The topological polar surface area (TPSA) is 63.4 Å². The van der Waals surface area contributed by atoms with E-state index in [4.69, 9.17) is 5.73 Å². The summed E-state index contributed by atoms with van der Waals surface area (Å²) in [7, 11) is 1.53. The third-order valence-corrected chi connectivity index (χ3v) is 3.13. The zero-order valence-electron chi connectivity index (χ0n) is 10.1. The summed E-state index contributed by atoms with van der Waals surface area (Å²) in [5.74, 6) is -1.66. The van der Waals surface area contributed by atoms with Crippen LogP contribution in [0.15, 0.2) is 29.2 Å². The Bertz CT molecular complexity index is 415. The predicted octanol–water partition coefficient (Wildman–Crippen LogP) is 1.64. The van der Waals surface area contributed by atoms with Crippen molar-refractivity contribution in [2.24, 2.45) is 5.73 Å². The molecule has 2 amide bonds. The molecule has 1 aromatic carbocycles. The first kappa shape index (κ1) is 13.6. The summed E-state index contributed by atoms with van der Waals surface area (Å²) in [6.07, 6.45) is 0. The monoisotopic (exact) mass is 252 g/mol. The summed E-state index contributed by atoms with van der Waals surface area (Å²) in [6, 6.07) is 7.44. The van der Waals surface area contributed by atoms with Crippen LogP contribution in [-0.4, -0.2) is 24.1 Å². The van der Waals surface area contributed by atoms with E-state index in [0.29, 0.717) is 10.9 Å². The van der Waals surface area contributed by atoms with Gasteiger partial charge in [0, 0.05) is 22.9 Å². The minimum Gasteiger partial charge on any atom is -0.361 e. The number of carbonyl (C=O) groups is 2. The maximum atomic E-state index is 11.4. The Labute approximate surface area is 105 Å². The lowest BCUT2D eigenvalue weighted by molar-refractivity contribution is -0.135. The second-order valence-electron chi connectivity index (χ2n) is 3.89. The number of nitrogens with two attached hydrogens (primary N) is 1. The van der Waals surface area contributed by atoms with Crippen LogP contribution < -0.4 is 10.6 Å². The molecule has 0 saturated carbocycles. The molecule has 0 spiro atoms. The fourth-order valence-electron chi connectivity index (χ4n) is 1.30. The minimum atomic E-state index is -0.951. The summed E-state index contributed by atoms with van der Waals surface area (Å²) in [5.41, 5.74) is 5.59. The third kappa shape index (κ3) is 3.78. The fraction of sp³-hybridized carbons (Fsp3) is 0.333. The Morgan fingerprint density at radius 3 is 2.18 bits per heavy atom. The number of likely N-dealkylation sites (N-methyl/N-ethyl adjacent to an activating group) is 1. The van der Waals surface area contributed by atoms with Crippen LogP contribution in [0.25, 0.3) is 0 Å². The van der Waals surface area contributed by atoms with Gasteiger partial charge in [-0.15, -0.1) is 11.8 Å². The average molecular weight is 252 g/mol. The van der Waals surface area contributed by atoms with E-state index in [1.807, 2.05) is 12.1 Å². The number of rotatable bonds is 3. The number of hydrogen-bond acceptors (Lipinski definition) is 3. The summed E-state index contributed by atoms with van der Waals surface area (Å²) in [4.78, 5) is 24.5. The van der Waals surface area contributed by atoms with E-state index in [-0.39, 0.29) is 0 Å². The number of nitrogens with zero attached hydrogens (tertiary/aromatic N) is 1. The minimum absolute atomic E-state index is 0.505. The van der Waals surface area contributed by atoms with Gasteiger partial charge in [-0.2, -0.15) is 0 Å². The van der Waals surface area contributed by atoms with E-state index < -0.39 is 11.8 Å². The van der Waals surface area contributed by atoms with E-state index in [0.717, 1.165) is 4.90 Å². The lowest BCUT2D eigenvalue weighted by atomic mass is 10.3. The Hall–Kier alpha value is -1.49. The number of hydrogen-bond donors (Lipinski definition) is 1. The van der Waals surface area contributed by atoms with Crippen molar-refractivity contribution in [3.63, 3.8) is 0 Å². The van der Waals surface area contributed by atoms with Crippen LogP contribution in [0, 0.1) is 0 Å². The van der Waals surface area contributed by atoms with Crippen LogP contribution in [0.3, 0.4) is 0 Å². The molecule has 1 rings (SSSR count). The predicted molar refractivity (Wildman–Crippen MR) is 70.0 cm³/mol. The number of thioether (sulfide) groups is 1. The van der Waals surface area contributed by atoms with Crippen LogP contribution in [0.5, 0.6) is 0 Å². The van der Waals surface area contributed by atoms with Crippen molar-refractivity contribution in [1.29, 1.82) is 0 Å². The number of primary amides is 1. The summed E-state index contributed by atoms with van der Waals surface area (Å²) < 4.78 is 0. The van der Waals surface area contributed by atoms with Crippen molar-refractivity contribution in [3.8, 4) is 0 Å². The maximum absolute atomic E-state index is 11.4. The highest BCUT2D eigenvalue weighted by atomic mass is 32.2. The van der Waals surface area contributed by atoms with Gasteiger partial charge in [0.2, 0.25) is 0 Å². The SMILES string of the molecule is CC(C)Sc1ccc(N(C)C(=O)C(N)=O)cc1. The first-order chi connectivity index (χ1) is 7.91. The Kier molecular flexibility index (Phi) is 4.57. The van der Waals surface area contributed by atoms with Gasteiger partial charge in [0.1, 0.15) is 0 Å². The highest BCUT2D eigenvalue weighted by Gasteiger charge is 2.16. The van der Waals surface area contributed by atoms with Crippen molar-refractivity contribution in [3.05, 3.63) is 24.3 Å². The molecular weight excluding hydrogens is 236 g/mol. The quantitative estimate of drug-likeness (QED) is 0.657. The zero-order valence-corrected chi connectivity index (χ0v) is 11.0. The molecule has 92 valence electrons. The van der Waals surface area contributed by atoms with Gasteiger partial charge < -0.3 is 10.6 Å². The van der Waals surface area contributed by atoms with Crippen LogP contribution in [-0.2, 0) is 9.59 Å². The first-order valence-corrected chi connectivity index (χ1v) is 6.14. The van der Waals surface area contributed by atoms with E-state index in [2.05, 4.69) is 13.8 Å². The molecule has 0 fully saturated rings. The smallest absolute Gasteiger partial charge is 0.315 e. The number of benzene rings is 1. The van der Waals surface area contributed by atoms with Gasteiger partial charge in [-0.1, -0.05) is 13.8 Å². The molecule has 0 atom stereocenters. The van der Waals surface area contributed by atoms with Crippen molar-refractivity contribution >= 4 is 29.3 Å². The molecule has 17 heavy (non-hydrogen) atoms. The maximum Gasteiger partial charge on any atom is 0.315 e. The summed E-state index contributed by atoms with van der Waals surface area (Å²) in [6.45, 7) is 4.22. The van der Waals surface area contributed by atoms with Crippen molar-refractivity contribution in [1.82, 2.24) is 0 Å². The highest BCUT2D eigenvalue weighted by molar-refractivity contribution is 7.99. The van der Waals surface area contributed by atoms with Crippen LogP contribution >= 0.6 is 11.8 Å². The summed E-state index contributed by atoms with van der Waals surface area (Å²) in [5, 5.41) is 0.505. The molecule has 0 radical (unpaired) electrons. The van der Waals surface area contributed by atoms with Gasteiger partial charge in [0.25, 0.3) is 0 Å². The molecule has 4 nitrogen and oxygen atoms in total. The molecule has 0 aromatic heterocycles. The molecule has 0 aliphatic heterocycles. The van der Waals surface area contributed by atoms with E-state index in [1.54, 1.807) is 23.9 Å². The van der Waals surface area contributed by atoms with Crippen molar-refractivity contribution in [2.75, 3.05) is 11.9 Å². The van der Waals surface area contributed by atoms with E-state index in [1.165, 1.54) is 11.9 Å². The van der Waals surface area contributed by atoms with Crippen LogP contribution in [0.4, 0.5) is 5.69 Å². The standard InChI is InChI=1S/C12H16N2O2S/c1-8(2)17-10-6-4-9(5-7-10)14(3)12(16)11(13)15/h4-8H,1-3H3,(H2,13,15). The van der Waals surface area contributed by atoms with Gasteiger partial charge in [-0.3, -0.25) is 9.59 Å². The Balaban J connectivity index is 2.80. The highest BCUT2D eigenvalue weighted by Crippen LogP contribution is 2.25.